The number of benzene rings is 2. The van der Waals surface area contributed by atoms with E-state index in [1.165, 1.54) is 16.2 Å². The lowest BCUT2D eigenvalue weighted by Gasteiger charge is -2.41. The van der Waals surface area contributed by atoms with E-state index in [4.69, 9.17) is 9.47 Å². The van der Waals surface area contributed by atoms with Crippen molar-refractivity contribution >= 4 is 35.2 Å². The second kappa shape index (κ2) is 17.5. The Kier molecular flexibility index (Phi) is 13.4. The summed E-state index contributed by atoms with van der Waals surface area (Å²) in [6.07, 6.45) is -3.36. The maximum atomic E-state index is 14.0. The molecule has 0 radical (unpaired) electrons. The maximum absolute atomic E-state index is 14.0. The van der Waals surface area contributed by atoms with Gasteiger partial charge in [0.15, 0.2) is 5.78 Å². The van der Waals surface area contributed by atoms with Crippen LogP contribution in [0.1, 0.15) is 56.0 Å². The number of hydrogen-bond acceptors (Lipinski definition) is 8. The highest BCUT2D eigenvalue weighted by Crippen LogP contribution is 2.27. The third-order valence-corrected chi connectivity index (χ3v) is 8.92. The lowest BCUT2D eigenvalue weighted by molar-refractivity contribution is -0.190. The zero-order chi connectivity index (χ0) is 36.3. The first kappa shape index (κ1) is 38.3. The third kappa shape index (κ3) is 12.1. The first-order valence-corrected chi connectivity index (χ1v) is 17.3. The number of aromatic nitrogens is 1. The second-order valence-electron chi connectivity index (χ2n) is 13.3. The summed E-state index contributed by atoms with van der Waals surface area (Å²) in [6, 6.07) is 17.0. The number of hydrogen-bond donors (Lipinski definition) is 1. The van der Waals surface area contributed by atoms with E-state index in [9.17, 15) is 32.3 Å². The van der Waals surface area contributed by atoms with E-state index in [2.05, 4.69) is 10.3 Å². The largest absolute Gasteiger partial charge is 0.471 e. The van der Waals surface area contributed by atoms with Crippen molar-refractivity contribution in [3.63, 3.8) is 0 Å². The number of thiazole rings is 1. The highest BCUT2D eigenvalue weighted by atomic mass is 32.1. The molecule has 14 heteroatoms. The monoisotopic (exact) mass is 716 g/mol. The first-order valence-electron chi connectivity index (χ1n) is 16.4. The molecule has 2 heterocycles. The van der Waals surface area contributed by atoms with Crippen molar-refractivity contribution in [1.82, 2.24) is 20.1 Å². The Morgan fingerprint density at radius 3 is 2.16 bits per heavy atom. The number of rotatable bonds is 13. The molecule has 4 rings (SSSR count). The first-order chi connectivity index (χ1) is 23.7. The van der Waals surface area contributed by atoms with Crippen molar-refractivity contribution < 1.29 is 41.8 Å². The minimum Gasteiger partial charge on any atom is -0.444 e. The molecule has 10 nitrogen and oxygen atoms in total. The molecule has 1 aliphatic heterocycles. The summed E-state index contributed by atoms with van der Waals surface area (Å²) >= 11 is 1.36. The SMILES string of the molecule is CC(C)(C)OC(=O)N1CCN(C(=O)C(F)(F)F)[C@H](C(=O)C[C@H](CC[C@H](Cc2ccccc2)NC(=O)OCc2cncs2)Cc2ccccc2)C1. The van der Waals surface area contributed by atoms with Crippen LogP contribution in [0.15, 0.2) is 72.4 Å². The summed E-state index contributed by atoms with van der Waals surface area (Å²) < 4.78 is 51.8. The van der Waals surface area contributed by atoms with Crippen molar-refractivity contribution in [2.45, 2.75) is 83.3 Å². The summed E-state index contributed by atoms with van der Waals surface area (Å²) in [7, 11) is 0. The van der Waals surface area contributed by atoms with Gasteiger partial charge in [0.05, 0.1) is 16.9 Å². The van der Waals surface area contributed by atoms with Crippen LogP contribution >= 0.6 is 11.3 Å². The number of alkyl halides is 3. The molecule has 270 valence electrons. The fraction of sp³-hybridized carbons (Fsp3) is 0.472. The van der Waals surface area contributed by atoms with Crippen LogP contribution in [0.3, 0.4) is 0 Å². The molecule has 3 amide bonds. The predicted octanol–water partition coefficient (Wildman–Crippen LogP) is 6.59. The number of nitrogens with one attached hydrogen (secondary N) is 1. The van der Waals surface area contributed by atoms with Crippen LogP contribution < -0.4 is 5.32 Å². The van der Waals surface area contributed by atoms with Crippen molar-refractivity contribution in [2.24, 2.45) is 5.92 Å². The quantitative estimate of drug-likeness (QED) is 0.212. The second-order valence-corrected chi connectivity index (χ2v) is 14.3. The third-order valence-electron chi connectivity index (χ3n) is 8.16. The average molecular weight is 717 g/mol. The van der Waals surface area contributed by atoms with Gasteiger partial charge in [-0.2, -0.15) is 13.2 Å². The van der Waals surface area contributed by atoms with Gasteiger partial charge in [0.2, 0.25) is 0 Å². The number of carbonyl (C=O) groups excluding carboxylic acids is 4. The van der Waals surface area contributed by atoms with Gasteiger partial charge in [0.25, 0.3) is 0 Å². The van der Waals surface area contributed by atoms with Gasteiger partial charge in [0, 0.05) is 31.7 Å². The highest BCUT2D eigenvalue weighted by molar-refractivity contribution is 7.09. The Morgan fingerprint density at radius 1 is 0.940 bits per heavy atom. The summed E-state index contributed by atoms with van der Waals surface area (Å²) in [6.45, 7) is 3.94. The van der Waals surface area contributed by atoms with Crippen molar-refractivity contribution in [2.75, 3.05) is 19.6 Å². The summed E-state index contributed by atoms with van der Waals surface area (Å²) in [5, 5.41) is 2.94. The Hall–Kier alpha value is -4.46. The van der Waals surface area contributed by atoms with Crippen LogP contribution in [0, 0.1) is 5.92 Å². The molecule has 1 aliphatic rings. The van der Waals surface area contributed by atoms with Crippen LogP contribution in [0.4, 0.5) is 22.8 Å². The topological polar surface area (TPSA) is 118 Å². The Balaban J connectivity index is 1.53. The van der Waals surface area contributed by atoms with Crippen LogP contribution in [0.25, 0.3) is 0 Å². The fourth-order valence-electron chi connectivity index (χ4n) is 5.82. The molecule has 1 aromatic heterocycles. The minimum absolute atomic E-state index is 0.0640. The van der Waals surface area contributed by atoms with E-state index in [-0.39, 0.29) is 31.5 Å². The average Bonchev–Trinajstić information content (AvgIpc) is 3.59. The molecule has 2 aromatic carbocycles. The normalized spacial score (nSPS) is 16.3. The number of ketones is 1. The summed E-state index contributed by atoms with van der Waals surface area (Å²) in [5.74, 6) is -3.07. The standard InChI is InChI=1S/C36H43F3N4O6S/c1-35(2,3)49-34(47)42-16-17-43(32(45)36(37,38)39)30(22-42)31(44)20-27(18-25-10-6-4-7-11-25)14-15-28(19-26-12-8-5-9-13-26)41-33(46)48-23-29-21-40-24-50-29/h4-13,21,24,27-28,30H,14-20,22-23H2,1-3H3,(H,41,46)/t27-,28-,30+/m1/s1. The summed E-state index contributed by atoms with van der Waals surface area (Å²) in [5.41, 5.74) is 2.67. The molecule has 0 spiro atoms. The van der Waals surface area contributed by atoms with Gasteiger partial charge >= 0.3 is 24.3 Å². The molecule has 3 aromatic rings. The van der Waals surface area contributed by atoms with Crippen molar-refractivity contribution in [3.05, 3.63) is 88.4 Å². The van der Waals surface area contributed by atoms with E-state index >= 15 is 0 Å². The number of ether oxygens (including phenoxy) is 2. The zero-order valence-electron chi connectivity index (χ0n) is 28.4. The highest BCUT2D eigenvalue weighted by Gasteiger charge is 2.48. The molecule has 50 heavy (non-hydrogen) atoms. The number of Topliss-reactive ketones (excluding diaryl/α,β-unsaturated/α-hetero) is 1. The van der Waals surface area contributed by atoms with Gasteiger partial charge in [-0.3, -0.25) is 14.6 Å². The number of amides is 3. The maximum Gasteiger partial charge on any atom is 0.471 e. The van der Waals surface area contributed by atoms with E-state index in [0.29, 0.717) is 30.6 Å². The number of nitrogens with zero attached hydrogens (tertiary/aromatic N) is 3. The molecule has 1 saturated heterocycles. The van der Waals surface area contributed by atoms with Gasteiger partial charge in [-0.25, -0.2) is 9.59 Å². The van der Waals surface area contributed by atoms with Crippen molar-refractivity contribution in [1.29, 1.82) is 0 Å². The van der Waals surface area contributed by atoms with Gasteiger partial charge in [-0.15, -0.1) is 11.3 Å². The van der Waals surface area contributed by atoms with Gasteiger partial charge < -0.3 is 24.6 Å². The molecule has 0 unspecified atom stereocenters. The van der Waals surface area contributed by atoms with E-state index in [1.54, 1.807) is 32.5 Å². The Labute approximate surface area is 294 Å². The molecule has 1 N–H and O–H groups in total. The Morgan fingerprint density at radius 2 is 1.58 bits per heavy atom. The molecule has 0 bridgehead atoms. The molecular formula is C36H43F3N4O6S. The molecular weight excluding hydrogens is 673 g/mol. The van der Waals surface area contributed by atoms with Crippen LogP contribution in [-0.2, 0) is 38.5 Å². The van der Waals surface area contributed by atoms with Crippen molar-refractivity contribution in [3.8, 4) is 0 Å². The van der Waals surface area contributed by atoms with E-state index in [1.807, 2.05) is 60.7 Å². The Bertz CT molecular complexity index is 1550. The fourth-order valence-corrected chi connectivity index (χ4v) is 6.33. The van der Waals surface area contributed by atoms with Gasteiger partial charge in [0.1, 0.15) is 18.2 Å². The van der Waals surface area contributed by atoms with Crippen LogP contribution in [-0.4, -0.2) is 82.2 Å². The minimum atomic E-state index is -5.19. The lowest BCUT2D eigenvalue weighted by Crippen LogP contribution is -2.62. The number of halogens is 3. The van der Waals surface area contributed by atoms with Gasteiger partial charge in [-0.1, -0.05) is 60.7 Å². The molecule has 0 saturated carbocycles. The molecule has 1 fully saturated rings. The van der Waals surface area contributed by atoms with E-state index < -0.39 is 54.8 Å². The van der Waals surface area contributed by atoms with Gasteiger partial charge in [-0.05, 0) is 63.5 Å². The van der Waals surface area contributed by atoms with Crippen LogP contribution in [0.5, 0.6) is 0 Å². The predicted molar refractivity (Wildman–Crippen MR) is 181 cm³/mol. The molecule has 3 atom stereocenters. The van der Waals surface area contributed by atoms with Crippen LogP contribution in [0.2, 0.25) is 0 Å². The number of alkyl carbamates (subject to hydrolysis) is 1. The molecule has 0 aliphatic carbocycles. The smallest absolute Gasteiger partial charge is 0.444 e. The van der Waals surface area contributed by atoms with E-state index in [0.717, 1.165) is 16.0 Å². The number of piperazine rings is 1. The summed E-state index contributed by atoms with van der Waals surface area (Å²) in [4.78, 5) is 58.7. The zero-order valence-corrected chi connectivity index (χ0v) is 29.2. The number of carbonyl (C=O) groups is 4. The lowest BCUT2D eigenvalue weighted by atomic mass is 9.86.